The number of rotatable bonds is 3. The highest BCUT2D eigenvalue weighted by Crippen LogP contribution is 2.29. The van der Waals surface area contributed by atoms with Crippen molar-refractivity contribution < 1.29 is 18.3 Å². The van der Waals surface area contributed by atoms with Gasteiger partial charge in [0, 0.05) is 0 Å². The molecule has 1 amide bonds. The molecule has 1 aromatic heterocycles. The molecular formula is C8H9F2N3O2. The molecule has 0 aliphatic heterocycles. The maximum atomic E-state index is 12.5. The number of nitrogens with zero attached hydrogens (tertiary/aromatic N) is 1. The van der Waals surface area contributed by atoms with E-state index in [1.807, 2.05) is 0 Å². The summed E-state index contributed by atoms with van der Waals surface area (Å²) in [7, 11) is 1.18. The predicted molar refractivity (Wildman–Crippen MR) is 48.7 cm³/mol. The van der Waals surface area contributed by atoms with Gasteiger partial charge in [0.1, 0.15) is 5.82 Å². The van der Waals surface area contributed by atoms with Crippen LogP contribution in [0.2, 0.25) is 0 Å². The lowest BCUT2D eigenvalue weighted by atomic mass is 10.1. The summed E-state index contributed by atoms with van der Waals surface area (Å²) in [5, 5.41) is 0. The number of halogens is 2. The Morgan fingerprint density at radius 1 is 1.60 bits per heavy atom. The summed E-state index contributed by atoms with van der Waals surface area (Å²) in [6, 6.07) is 0.883. The van der Waals surface area contributed by atoms with Crippen LogP contribution in [0, 0.1) is 0 Å². The Morgan fingerprint density at radius 3 is 2.60 bits per heavy atom. The van der Waals surface area contributed by atoms with Gasteiger partial charge in [0.25, 0.3) is 12.3 Å². The normalized spacial score (nSPS) is 10.4. The van der Waals surface area contributed by atoms with E-state index in [4.69, 9.17) is 11.5 Å². The Hall–Kier alpha value is -1.92. The average Bonchev–Trinajstić information content (AvgIpc) is 2.16. The summed E-state index contributed by atoms with van der Waals surface area (Å²) in [5.41, 5.74) is 9.50. The highest BCUT2D eigenvalue weighted by atomic mass is 19.3. The monoisotopic (exact) mass is 217 g/mol. The highest BCUT2D eigenvalue weighted by molar-refractivity contribution is 5.97. The molecule has 1 aromatic rings. The first-order valence-electron chi connectivity index (χ1n) is 3.89. The van der Waals surface area contributed by atoms with Crippen LogP contribution in [-0.2, 0) is 0 Å². The van der Waals surface area contributed by atoms with Crippen molar-refractivity contribution in [1.29, 1.82) is 0 Å². The number of nitrogens with two attached hydrogens (primary N) is 2. The number of hydrogen-bond donors (Lipinski definition) is 2. The van der Waals surface area contributed by atoms with Crippen LogP contribution in [0.25, 0.3) is 0 Å². The number of aromatic nitrogens is 1. The third-order valence-electron chi connectivity index (χ3n) is 1.74. The molecule has 82 valence electrons. The van der Waals surface area contributed by atoms with E-state index >= 15 is 0 Å². The van der Waals surface area contributed by atoms with Crippen molar-refractivity contribution in [3.05, 3.63) is 17.2 Å². The molecule has 15 heavy (non-hydrogen) atoms. The second-order valence-electron chi connectivity index (χ2n) is 2.68. The fourth-order valence-electron chi connectivity index (χ4n) is 1.04. The van der Waals surface area contributed by atoms with Gasteiger partial charge < -0.3 is 16.2 Å². The average molecular weight is 217 g/mol. The number of nitrogen functional groups attached to an aromatic ring is 1. The van der Waals surface area contributed by atoms with Crippen LogP contribution in [0.15, 0.2) is 6.07 Å². The molecule has 0 atom stereocenters. The number of carbonyl (C=O) groups excluding carboxylic acids is 1. The van der Waals surface area contributed by atoms with Gasteiger partial charge in [-0.3, -0.25) is 4.79 Å². The zero-order valence-corrected chi connectivity index (χ0v) is 7.83. The molecule has 0 spiro atoms. The molecule has 4 N–H and O–H groups in total. The number of alkyl halides is 2. The zero-order valence-electron chi connectivity index (χ0n) is 7.83. The van der Waals surface area contributed by atoms with Gasteiger partial charge in [0.05, 0.1) is 18.2 Å². The van der Waals surface area contributed by atoms with Crippen molar-refractivity contribution >= 4 is 11.7 Å². The van der Waals surface area contributed by atoms with E-state index in [-0.39, 0.29) is 17.3 Å². The molecule has 0 radical (unpaired) electrons. The minimum absolute atomic E-state index is 0.233. The molecule has 0 aliphatic rings. The first-order valence-corrected chi connectivity index (χ1v) is 3.89. The fraction of sp³-hybridized carbons (Fsp3) is 0.250. The van der Waals surface area contributed by atoms with Crippen LogP contribution in [0.1, 0.15) is 22.3 Å². The molecule has 0 saturated carbocycles. The van der Waals surface area contributed by atoms with Gasteiger partial charge in [-0.1, -0.05) is 0 Å². The standard InChI is InChI=1S/C8H9F2N3O2/c1-15-8-3(5(9)10)2-4(7(12)14)6(11)13-8/h2,5H,1H3,(H2,11,13)(H2,12,14). The Bertz CT molecular complexity index is 396. The fourth-order valence-corrected chi connectivity index (χ4v) is 1.04. The zero-order chi connectivity index (χ0) is 11.6. The van der Waals surface area contributed by atoms with Gasteiger partial charge in [0.2, 0.25) is 5.88 Å². The molecule has 0 saturated heterocycles. The molecule has 0 bridgehead atoms. The van der Waals surface area contributed by atoms with Crippen molar-refractivity contribution in [3.63, 3.8) is 0 Å². The molecule has 5 nitrogen and oxygen atoms in total. The lowest BCUT2D eigenvalue weighted by Crippen LogP contribution is -2.15. The van der Waals surface area contributed by atoms with E-state index in [1.54, 1.807) is 0 Å². The Balaban J connectivity index is 3.37. The van der Waals surface area contributed by atoms with E-state index in [0.29, 0.717) is 0 Å². The Morgan fingerprint density at radius 2 is 2.20 bits per heavy atom. The molecular weight excluding hydrogens is 208 g/mol. The van der Waals surface area contributed by atoms with Crippen molar-refractivity contribution in [1.82, 2.24) is 4.98 Å². The van der Waals surface area contributed by atoms with Crippen molar-refractivity contribution in [2.24, 2.45) is 5.73 Å². The quantitative estimate of drug-likeness (QED) is 0.779. The first kappa shape index (κ1) is 11.2. The number of anilines is 1. The summed E-state index contributed by atoms with van der Waals surface area (Å²) >= 11 is 0. The van der Waals surface area contributed by atoms with Crippen molar-refractivity contribution in [2.45, 2.75) is 6.43 Å². The van der Waals surface area contributed by atoms with Gasteiger partial charge in [-0.15, -0.1) is 0 Å². The highest BCUT2D eigenvalue weighted by Gasteiger charge is 2.20. The summed E-state index contributed by atoms with van der Waals surface area (Å²) in [6.07, 6.45) is -2.81. The summed E-state index contributed by atoms with van der Waals surface area (Å²) in [5.74, 6) is -1.46. The Kier molecular flexibility index (Phi) is 3.03. The minimum atomic E-state index is -2.81. The SMILES string of the molecule is COc1nc(N)c(C(N)=O)cc1C(F)F. The third-order valence-corrected chi connectivity index (χ3v) is 1.74. The number of primary amides is 1. The number of pyridine rings is 1. The molecule has 0 unspecified atom stereocenters. The Labute approximate surface area is 84.0 Å². The summed E-state index contributed by atoms with van der Waals surface area (Å²) in [4.78, 5) is 14.3. The van der Waals surface area contributed by atoms with Crippen LogP contribution in [-0.4, -0.2) is 18.0 Å². The number of methoxy groups -OCH3 is 1. The second-order valence-corrected chi connectivity index (χ2v) is 2.68. The van der Waals surface area contributed by atoms with Gasteiger partial charge in [-0.05, 0) is 6.07 Å². The third kappa shape index (κ3) is 2.12. The van der Waals surface area contributed by atoms with Crippen LogP contribution >= 0.6 is 0 Å². The lowest BCUT2D eigenvalue weighted by Gasteiger charge is -2.09. The van der Waals surface area contributed by atoms with Gasteiger partial charge in [-0.2, -0.15) is 4.98 Å². The maximum Gasteiger partial charge on any atom is 0.269 e. The number of carbonyl (C=O) groups is 1. The molecule has 0 fully saturated rings. The van der Waals surface area contributed by atoms with Gasteiger partial charge in [-0.25, -0.2) is 8.78 Å². The molecule has 7 heteroatoms. The molecule has 0 aliphatic carbocycles. The smallest absolute Gasteiger partial charge is 0.269 e. The molecule has 0 aromatic carbocycles. The first-order chi connectivity index (χ1) is 6.97. The summed E-state index contributed by atoms with van der Waals surface area (Å²) in [6.45, 7) is 0. The van der Waals surface area contributed by atoms with Crippen LogP contribution in [0.4, 0.5) is 14.6 Å². The van der Waals surface area contributed by atoms with E-state index in [2.05, 4.69) is 9.72 Å². The number of ether oxygens (including phenoxy) is 1. The van der Waals surface area contributed by atoms with E-state index in [1.165, 1.54) is 7.11 Å². The predicted octanol–water partition coefficient (Wildman–Crippen LogP) is 0.709. The van der Waals surface area contributed by atoms with Crippen molar-refractivity contribution in [2.75, 3.05) is 12.8 Å². The van der Waals surface area contributed by atoms with Crippen LogP contribution in [0.3, 0.4) is 0 Å². The molecule has 1 rings (SSSR count). The number of hydrogen-bond acceptors (Lipinski definition) is 4. The van der Waals surface area contributed by atoms with Crippen LogP contribution in [0.5, 0.6) is 5.88 Å². The topological polar surface area (TPSA) is 91.2 Å². The van der Waals surface area contributed by atoms with E-state index in [0.717, 1.165) is 6.07 Å². The largest absolute Gasteiger partial charge is 0.481 e. The minimum Gasteiger partial charge on any atom is -0.481 e. The van der Waals surface area contributed by atoms with Crippen molar-refractivity contribution in [3.8, 4) is 5.88 Å². The number of amides is 1. The van der Waals surface area contributed by atoms with Crippen LogP contribution < -0.4 is 16.2 Å². The summed E-state index contributed by atoms with van der Waals surface area (Å²) < 4.78 is 29.6. The van der Waals surface area contributed by atoms with Gasteiger partial charge >= 0.3 is 0 Å². The van der Waals surface area contributed by atoms with E-state index in [9.17, 15) is 13.6 Å². The van der Waals surface area contributed by atoms with E-state index < -0.39 is 17.9 Å². The maximum absolute atomic E-state index is 12.5. The second kappa shape index (κ2) is 4.07. The van der Waals surface area contributed by atoms with Gasteiger partial charge in [0.15, 0.2) is 0 Å². The lowest BCUT2D eigenvalue weighted by molar-refractivity contribution is 0.1000. The molecule has 1 heterocycles.